The first-order chi connectivity index (χ1) is 10.1. The van der Waals surface area contributed by atoms with Crippen LogP contribution in [0.1, 0.15) is 12.0 Å². The first kappa shape index (κ1) is 15.5. The van der Waals surface area contributed by atoms with E-state index in [2.05, 4.69) is 10.6 Å². The van der Waals surface area contributed by atoms with Gasteiger partial charge in [0, 0.05) is 30.2 Å². The average Bonchev–Trinajstić information content (AvgIpc) is 2.48. The second kappa shape index (κ2) is 7.76. The highest BCUT2D eigenvalue weighted by molar-refractivity contribution is 6.30. The summed E-state index contributed by atoms with van der Waals surface area (Å²) in [6.45, 7) is 1.16. The van der Waals surface area contributed by atoms with E-state index in [0.29, 0.717) is 24.5 Å². The van der Waals surface area contributed by atoms with E-state index in [4.69, 9.17) is 11.6 Å². The van der Waals surface area contributed by atoms with Crippen molar-refractivity contribution in [1.82, 2.24) is 5.32 Å². The molecule has 0 saturated carbocycles. The Balaban J connectivity index is 1.67. The van der Waals surface area contributed by atoms with E-state index < -0.39 is 0 Å². The number of amides is 1. The Hall–Kier alpha value is -1.91. The van der Waals surface area contributed by atoms with E-state index in [1.54, 1.807) is 36.4 Å². The molecule has 0 saturated heterocycles. The van der Waals surface area contributed by atoms with Crippen molar-refractivity contribution >= 4 is 23.2 Å². The molecule has 110 valence electrons. The number of rotatable bonds is 6. The largest absolute Gasteiger partial charge is 0.326 e. The van der Waals surface area contributed by atoms with E-state index >= 15 is 0 Å². The van der Waals surface area contributed by atoms with Gasteiger partial charge < -0.3 is 10.6 Å². The molecule has 3 nitrogen and oxygen atoms in total. The van der Waals surface area contributed by atoms with Gasteiger partial charge in [-0.15, -0.1) is 0 Å². The number of hydrogen-bond acceptors (Lipinski definition) is 2. The molecule has 2 aromatic carbocycles. The van der Waals surface area contributed by atoms with Gasteiger partial charge in [0.2, 0.25) is 5.91 Å². The molecule has 2 aromatic rings. The number of benzene rings is 2. The Kier molecular flexibility index (Phi) is 5.72. The molecule has 2 rings (SSSR count). The summed E-state index contributed by atoms with van der Waals surface area (Å²) < 4.78 is 12.7. The average molecular weight is 307 g/mol. The molecule has 0 aliphatic carbocycles. The quantitative estimate of drug-likeness (QED) is 0.801. The van der Waals surface area contributed by atoms with Gasteiger partial charge in [0.1, 0.15) is 5.82 Å². The maximum Gasteiger partial charge on any atom is 0.225 e. The highest BCUT2D eigenvalue weighted by atomic mass is 35.5. The molecule has 0 aromatic heterocycles. The predicted octanol–water partition coefficient (Wildman–Crippen LogP) is 3.60. The summed E-state index contributed by atoms with van der Waals surface area (Å²) in [5.41, 5.74) is 1.71. The van der Waals surface area contributed by atoms with Gasteiger partial charge in [-0.3, -0.25) is 4.79 Å². The minimum absolute atomic E-state index is 0.0658. The molecule has 0 spiro atoms. The lowest BCUT2D eigenvalue weighted by atomic mass is 10.2. The molecule has 0 bridgehead atoms. The third-order valence-electron chi connectivity index (χ3n) is 2.90. The van der Waals surface area contributed by atoms with Gasteiger partial charge >= 0.3 is 0 Å². The van der Waals surface area contributed by atoms with Gasteiger partial charge in [-0.1, -0.05) is 23.7 Å². The van der Waals surface area contributed by atoms with Crippen molar-refractivity contribution in [1.29, 1.82) is 0 Å². The number of anilines is 1. The van der Waals surface area contributed by atoms with Crippen LogP contribution in [0.15, 0.2) is 48.5 Å². The summed E-state index contributed by atoms with van der Waals surface area (Å²) in [5, 5.41) is 6.56. The molecule has 0 unspecified atom stereocenters. The summed E-state index contributed by atoms with van der Waals surface area (Å²) in [6, 6.07) is 13.2. The minimum Gasteiger partial charge on any atom is -0.326 e. The Bertz CT molecular complexity index is 584. The summed E-state index contributed by atoms with van der Waals surface area (Å²) in [6.07, 6.45) is 0.365. The molecule has 1 amide bonds. The fraction of sp³-hybridized carbons (Fsp3) is 0.188. The van der Waals surface area contributed by atoms with Crippen LogP contribution in [0, 0.1) is 5.82 Å². The van der Waals surface area contributed by atoms with Crippen molar-refractivity contribution in [3.8, 4) is 0 Å². The lowest BCUT2D eigenvalue weighted by molar-refractivity contribution is -0.116. The van der Waals surface area contributed by atoms with Crippen LogP contribution in [-0.4, -0.2) is 12.5 Å². The van der Waals surface area contributed by atoms with Gasteiger partial charge in [-0.2, -0.15) is 0 Å². The zero-order valence-corrected chi connectivity index (χ0v) is 12.2. The zero-order chi connectivity index (χ0) is 15.1. The van der Waals surface area contributed by atoms with Crippen LogP contribution in [-0.2, 0) is 11.3 Å². The Morgan fingerprint density at radius 2 is 1.71 bits per heavy atom. The maximum absolute atomic E-state index is 12.7. The van der Waals surface area contributed by atoms with Crippen LogP contribution in [0.25, 0.3) is 0 Å². The Morgan fingerprint density at radius 3 is 2.38 bits per heavy atom. The topological polar surface area (TPSA) is 41.1 Å². The number of hydrogen-bond donors (Lipinski definition) is 2. The predicted molar refractivity (Wildman–Crippen MR) is 82.8 cm³/mol. The molecule has 0 radical (unpaired) electrons. The summed E-state index contributed by atoms with van der Waals surface area (Å²) in [4.78, 5) is 11.7. The van der Waals surface area contributed by atoms with Gasteiger partial charge in [0.15, 0.2) is 0 Å². The molecule has 21 heavy (non-hydrogen) atoms. The molecule has 0 heterocycles. The maximum atomic E-state index is 12.7. The van der Waals surface area contributed by atoms with Gasteiger partial charge in [-0.05, 0) is 42.0 Å². The highest BCUT2D eigenvalue weighted by Gasteiger charge is 2.02. The Morgan fingerprint density at radius 1 is 1.05 bits per heavy atom. The summed E-state index contributed by atoms with van der Waals surface area (Å²) in [5.74, 6) is -0.315. The first-order valence-electron chi connectivity index (χ1n) is 6.64. The van der Waals surface area contributed by atoms with Crippen LogP contribution in [0.2, 0.25) is 5.02 Å². The molecule has 0 atom stereocenters. The zero-order valence-electron chi connectivity index (χ0n) is 11.4. The molecule has 0 fully saturated rings. The lowest BCUT2D eigenvalue weighted by Gasteiger charge is -2.07. The van der Waals surface area contributed by atoms with Crippen LogP contribution in [0.3, 0.4) is 0 Å². The van der Waals surface area contributed by atoms with Crippen molar-refractivity contribution in [2.45, 2.75) is 13.0 Å². The van der Waals surface area contributed by atoms with Crippen molar-refractivity contribution in [3.05, 3.63) is 64.9 Å². The van der Waals surface area contributed by atoms with Crippen LogP contribution in [0.5, 0.6) is 0 Å². The number of nitrogens with one attached hydrogen (secondary N) is 2. The minimum atomic E-state index is -0.249. The number of carbonyl (C=O) groups is 1. The van der Waals surface area contributed by atoms with E-state index in [-0.39, 0.29) is 11.7 Å². The second-order valence-corrected chi connectivity index (χ2v) is 5.04. The monoisotopic (exact) mass is 306 g/mol. The highest BCUT2D eigenvalue weighted by Crippen LogP contribution is 2.13. The molecular weight excluding hydrogens is 291 g/mol. The Labute approximate surface area is 128 Å². The lowest BCUT2D eigenvalue weighted by Crippen LogP contribution is -2.21. The third-order valence-corrected chi connectivity index (χ3v) is 3.15. The van der Waals surface area contributed by atoms with E-state index in [0.717, 1.165) is 11.3 Å². The van der Waals surface area contributed by atoms with E-state index in [9.17, 15) is 9.18 Å². The molecule has 0 aliphatic heterocycles. The van der Waals surface area contributed by atoms with Crippen LogP contribution < -0.4 is 10.6 Å². The normalized spacial score (nSPS) is 10.4. The van der Waals surface area contributed by atoms with Crippen molar-refractivity contribution in [3.63, 3.8) is 0 Å². The molecule has 2 N–H and O–H groups in total. The fourth-order valence-corrected chi connectivity index (χ4v) is 1.92. The second-order valence-electron chi connectivity index (χ2n) is 4.61. The van der Waals surface area contributed by atoms with Crippen LogP contribution in [0.4, 0.5) is 10.1 Å². The fourth-order valence-electron chi connectivity index (χ4n) is 1.79. The molecule has 5 heteroatoms. The van der Waals surface area contributed by atoms with Crippen molar-refractivity contribution in [2.75, 3.05) is 11.9 Å². The van der Waals surface area contributed by atoms with E-state index in [1.165, 1.54) is 12.1 Å². The van der Waals surface area contributed by atoms with Crippen molar-refractivity contribution in [2.24, 2.45) is 0 Å². The van der Waals surface area contributed by atoms with Gasteiger partial charge in [0.25, 0.3) is 0 Å². The number of halogens is 2. The third kappa shape index (κ3) is 5.53. The summed E-state index contributed by atoms with van der Waals surface area (Å²) in [7, 11) is 0. The van der Waals surface area contributed by atoms with Gasteiger partial charge in [0.05, 0.1) is 0 Å². The van der Waals surface area contributed by atoms with Gasteiger partial charge in [-0.25, -0.2) is 4.39 Å². The number of carbonyl (C=O) groups excluding carboxylic acids is 1. The smallest absolute Gasteiger partial charge is 0.225 e. The standard InChI is InChI=1S/C16H16ClFN2O/c17-13-3-7-15(8-4-13)20-16(21)9-10-19-11-12-1-5-14(18)6-2-12/h1-8,19H,9-11H2,(H,20,21). The SMILES string of the molecule is O=C(CCNCc1ccc(F)cc1)Nc1ccc(Cl)cc1. The van der Waals surface area contributed by atoms with E-state index in [1.807, 2.05) is 0 Å². The summed E-state index contributed by atoms with van der Waals surface area (Å²) >= 11 is 5.77. The van der Waals surface area contributed by atoms with Crippen molar-refractivity contribution < 1.29 is 9.18 Å². The van der Waals surface area contributed by atoms with Crippen LogP contribution >= 0.6 is 11.6 Å². The molecule has 0 aliphatic rings. The molecular formula is C16H16ClFN2O. The first-order valence-corrected chi connectivity index (χ1v) is 7.02.